The molecule has 5 rings (SSSR count). The van der Waals surface area contributed by atoms with Crippen LogP contribution in [-0.4, -0.2) is 4.98 Å². The minimum absolute atomic E-state index is 0.816. The summed E-state index contributed by atoms with van der Waals surface area (Å²) in [5.74, 6) is 0.816. The van der Waals surface area contributed by atoms with Crippen LogP contribution in [0.5, 0.6) is 0 Å². The zero-order valence-corrected chi connectivity index (χ0v) is 16.4. The van der Waals surface area contributed by atoms with Crippen molar-refractivity contribution < 1.29 is 0 Å². The number of fused-ring (bicyclic) bond motifs is 1. The van der Waals surface area contributed by atoms with Gasteiger partial charge in [-0.2, -0.15) is 0 Å². The third kappa shape index (κ3) is 3.61. The molecule has 30 heavy (non-hydrogen) atoms. The average molecular weight is 387 g/mol. The molecule has 3 heteroatoms. The number of hydrogen-bond donors (Lipinski definition) is 1. The molecule has 0 bridgehead atoms. The molecule has 144 valence electrons. The van der Waals surface area contributed by atoms with Crippen molar-refractivity contribution in [1.82, 2.24) is 4.98 Å². The Kier molecular flexibility index (Phi) is 4.84. The molecular weight excluding hydrogens is 366 g/mol. The van der Waals surface area contributed by atoms with Crippen LogP contribution in [0.1, 0.15) is 0 Å². The number of pyridine rings is 1. The van der Waals surface area contributed by atoms with Gasteiger partial charge in [0.1, 0.15) is 5.82 Å². The summed E-state index contributed by atoms with van der Waals surface area (Å²) in [6.45, 7) is 0. The van der Waals surface area contributed by atoms with Gasteiger partial charge in [-0.25, -0.2) is 4.98 Å². The van der Waals surface area contributed by atoms with Crippen LogP contribution >= 0.6 is 0 Å². The Bertz CT molecular complexity index is 1210. The standard InChI is InChI=1S/C27H21N3/c1-3-12-22(13-4-1)30(23-14-5-2-6-15-23)24-18-19-27(28-20-24)29-26-17-9-11-21-10-7-8-16-25(21)26/h1-20H,(H,28,29). The second kappa shape index (κ2) is 8.10. The molecule has 0 aliphatic rings. The summed E-state index contributed by atoms with van der Waals surface area (Å²) in [6, 6.07) is 39.4. The molecule has 0 aliphatic carbocycles. The SMILES string of the molecule is c1ccc(N(c2ccccc2)c2ccc(Nc3cccc4ccccc34)nc2)cc1. The maximum atomic E-state index is 4.70. The highest BCUT2D eigenvalue weighted by Crippen LogP contribution is 2.34. The van der Waals surface area contributed by atoms with Gasteiger partial charge in [0.2, 0.25) is 0 Å². The highest BCUT2D eigenvalue weighted by molar-refractivity contribution is 5.95. The Morgan fingerprint density at radius 3 is 1.83 bits per heavy atom. The van der Waals surface area contributed by atoms with Gasteiger partial charge < -0.3 is 10.2 Å². The minimum Gasteiger partial charge on any atom is -0.340 e. The van der Waals surface area contributed by atoms with Crippen LogP contribution in [0.15, 0.2) is 121 Å². The van der Waals surface area contributed by atoms with Gasteiger partial charge in [-0.15, -0.1) is 0 Å². The van der Waals surface area contributed by atoms with Gasteiger partial charge in [0.15, 0.2) is 0 Å². The van der Waals surface area contributed by atoms with Crippen molar-refractivity contribution in [3.05, 3.63) is 121 Å². The summed E-state index contributed by atoms with van der Waals surface area (Å²) < 4.78 is 0. The number of rotatable bonds is 5. The van der Waals surface area contributed by atoms with E-state index in [4.69, 9.17) is 4.98 Å². The van der Waals surface area contributed by atoms with E-state index in [9.17, 15) is 0 Å². The first kappa shape index (κ1) is 18.0. The lowest BCUT2D eigenvalue weighted by Crippen LogP contribution is -2.10. The molecule has 0 spiro atoms. The molecule has 1 N–H and O–H groups in total. The maximum Gasteiger partial charge on any atom is 0.130 e. The van der Waals surface area contributed by atoms with Gasteiger partial charge in [-0.1, -0.05) is 72.8 Å². The second-order valence-electron chi connectivity index (χ2n) is 7.06. The zero-order chi connectivity index (χ0) is 20.2. The van der Waals surface area contributed by atoms with Gasteiger partial charge in [-0.05, 0) is 47.9 Å². The Labute approximate surface area is 176 Å². The maximum absolute atomic E-state index is 4.70. The Morgan fingerprint density at radius 2 is 1.17 bits per heavy atom. The Hall–Kier alpha value is -4.11. The normalized spacial score (nSPS) is 10.7. The highest BCUT2D eigenvalue weighted by atomic mass is 15.1. The molecule has 1 aromatic heterocycles. The first-order valence-corrected chi connectivity index (χ1v) is 9.99. The van der Waals surface area contributed by atoms with E-state index in [0.29, 0.717) is 0 Å². The van der Waals surface area contributed by atoms with Gasteiger partial charge >= 0.3 is 0 Å². The van der Waals surface area contributed by atoms with Crippen LogP contribution in [0.2, 0.25) is 0 Å². The van der Waals surface area contributed by atoms with Crippen LogP contribution in [0.4, 0.5) is 28.6 Å². The van der Waals surface area contributed by atoms with Gasteiger partial charge in [0, 0.05) is 22.4 Å². The lowest BCUT2D eigenvalue weighted by Gasteiger charge is -2.25. The fourth-order valence-electron chi connectivity index (χ4n) is 3.67. The number of nitrogens with zero attached hydrogens (tertiary/aromatic N) is 2. The van der Waals surface area contributed by atoms with Crippen molar-refractivity contribution in [2.24, 2.45) is 0 Å². The summed E-state index contributed by atoms with van der Waals surface area (Å²) in [7, 11) is 0. The van der Waals surface area contributed by atoms with E-state index in [2.05, 4.69) is 107 Å². The number of hydrogen-bond acceptors (Lipinski definition) is 3. The summed E-state index contributed by atoms with van der Waals surface area (Å²) >= 11 is 0. The molecule has 0 saturated heterocycles. The van der Waals surface area contributed by atoms with Gasteiger partial charge in [0.25, 0.3) is 0 Å². The van der Waals surface area contributed by atoms with Gasteiger partial charge in [-0.3, -0.25) is 0 Å². The number of aromatic nitrogens is 1. The van der Waals surface area contributed by atoms with E-state index < -0.39 is 0 Å². The molecular formula is C27H21N3. The predicted octanol–water partition coefficient (Wildman–Crippen LogP) is 7.45. The fourth-order valence-corrected chi connectivity index (χ4v) is 3.67. The van der Waals surface area contributed by atoms with Crippen LogP contribution < -0.4 is 10.2 Å². The van der Waals surface area contributed by atoms with Crippen molar-refractivity contribution in [2.75, 3.05) is 10.2 Å². The molecule has 1 heterocycles. The topological polar surface area (TPSA) is 28.2 Å². The van der Waals surface area contributed by atoms with Crippen molar-refractivity contribution >= 4 is 39.3 Å². The third-order valence-electron chi connectivity index (χ3n) is 5.09. The van der Waals surface area contributed by atoms with Crippen LogP contribution in [0.3, 0.4) is 0 Å². The first-order valence-electron chi connectivity index (χ1n) is 9.99. The number of nitrogens with one attached hydrogen (secondary N) is 1. The van der Waals surface area contributed by atoms with E-state index in [1.54, 1.807) is 0 Å². The average Bonchev–Trinajstić information content (AvgIpc) is 2.82. The fraction of sp³-hybridized carbons (Fsp3) is 0. The van der Waals surface area contributed by atoms with Gasteiger partial charge in [0.05, 0.1) is 11.9 Å². The van der Waals surface area contributed by atoms with E-state index >= 15 is 0 Å². The second-order valence-corrected chi connectivity index (χ2v) is 7.06. The molecule has 0 fully saturated rings. The van der Waals surface area contributed by atoms with E-state index in [-0.39, 0.29) is 0 Å². The van der Waals surface area contributed by atoms with Crippen molar-refractivity contribution in [3.63, 3.8) is 0 Å². The molecule has 3 nitrogen and oxygen atoms in total. The van der Waals surface area contributed by atoms with Crippen molar-refractivity contribution in [2.45, 2.75) is 0 Å². The Morgan fingerprint density at radius 1 is 0.533 bits per heavy atom. The molecule has 0 radical (unpaired) electrons. The largest absolute Gasteiger partial charge is 0.340 e. The number of anilines is 5. The van der Waals surface area contributed by atoms with Crippen molar-refractivity contribution in [3.8, 4) is 0 Å². The minimum atomic E-state index is 0.816. The summed E-state index contributed by atoms with van der Waals surface area (Å²) in [4.78, 5) is 6.90. The molecule has 0 atom stereocenters. The van der Waals surface area contributed by atoms with Crippen LogP contribution in [0, 0.1) is 0 Å². The summed E-state index contributed by atoms with van der Waals surface area (Å²) in [6.07, 6.45) is 1.91. The first-order chi connectivity index (χ1) is 14.9. The van der Waals surface area contributed by atoms with E-state index in [1.807, 2.05) is 24.4 Å². The molecule has 0 amide bonds. The zero-order valence-electron chi connectivity index (χ0n) is 16.4. The Balaban J connectivity index is 1.48. The molecule has 5 aromatic rings. The van der Waals surface area contributed by atoms with E-state index in [0.717, 1.165) is 28.6 Å². The monoisotopic (exact) mass is 387 g/mol. The van der Waals surface area contributed by atoms with Crippen LogP contribution in [0.25, 0.3) is 10.8 Å². The summed E-state index contributed by atoms with van der Waals surface area (Å²) in [5.41, 5.74) is 4.26. The summed E-state index contributed by atoms with van der Waals surface area (Å²) in [5, 5.41) is 5.85. The number of para-hydroxylation sites is 2. The molecule has 4 aromatic carbocycles. The molecule has 0 saturated carbocycles. The molecule has 0 aliphatic heterocycles. The lowest BCUT2D eigenvalue weighted by molar-refractivity contribution is 1.23. The highest BCUT2D eigenvalue weighted by Gasteiger charge is 2.12. The lowest BCUT2D eigenvalue weighted by atomic mass is 10.1. The molecule has 0 unspecified atom stereocenters. The third-order valence-corrected chi connectivity index (χ3v) is 5.09. The quantitative estimate of drug-likeness (QED) is 0.339. The smallest absolute Gasteiger partial charge is 0.130 e. The van der Waals surface area contributed by atoms with E-state index in [1.165, 1.54) is 10.8 Å². The van der Waals surface area contributed by atoms with Crippen molar-refractivity contribution in [1.29, 1.82) is 0 Å². The predicted molar refractivity (Wildman–Crippen MR) is 126 cm³/mol. The number of benzene rings is 4. The van der Waals surface area contributed by atoms with Crippen LogP contribution in [-0.2, 0) is 0 Å².